The van der Waals surface area contributed by atoms with E-state index in [0.29, 0.717) is 5.92 Å². The fraction of sp³-hybridized carbons (Fsp3) is 0.526. The maximum Gasteiger partial charge on any atom is 0.260 e. The monoisotopic (exact) mass is 356 g/mol. The molecule has 0 aromatic carbocycles. The van der Waals surface area contributed by atoms with E-state index in [4.69, 9.17) is 4.52 Å². The van der Waals surface area contributed by atoms with Crippen molar-refractivity contribution in [3.05, 3.63) is 51.3 Å². The Balaban J connectivity index is 1.54. The molecular weight excluding hydrogens is 332 g/mol. The fourth-order valence-corrected chi connectivity index (χ4v) is 4.25. The smallest absolute Gasteiger partial charge is 0.260 e. The van der Waals surface area contributed by atoms with Crippen molar-refractivity contribution in [2.75, 3.05) is 19.6 Å². The molecule has 7 nitrogen and oxygen atoms in total. The third-order valence-electron chi connectivity index (χ3n) is 5.66. The van der Waals surface area contributed by atoms with Crippen LogP contribution in [0.1, 0.15) is 40.2 Å². The lowest BCUT2D eigenvalue weighted by Crippen LogP contribution is -2.48. The maximum absolute atomic E-state index is 13.0. The van der Waals surface area contributed by atoms with Gasteiger partial charge in [0.1, 0.15) is 11.3 Å². The van der Waals surface area contributed by atoms with Crippen LogP contribution in [0.4, 0.5) is 0 Å². The summed E-state index contributed by atoms with van der Waals surface area (Å²) in [6, 6.07) is 3.46. The van der Waals surface area contributed by atoms with E-state index in [1.807, 2.05) is 18.7 Å². The molecule has 5 rings (SSSR count). The van der Waals surface area contributed by atoms with Gasteiger partial charge in [-0.15, -0.1) is 0 Å². The van der Waals surface area contributed by atoms with E-state index in [0.717, 1.165) is 56.0 Å². The van der Waals surface area contributed by atoms with Gasteiger partial charge < -0.3 is 14.4 Å². The normalized spacial score (nSPS) is 23.2. The van der Waals surface area contributed by atoms with Crippen molar-refractivity contribution < 1.29 is 9.32 Å². The van der Waals surface area contributed by atoms with E-state index in [1.165, 1.54) is 0 Å². The van der Waals surface area contributed by atoms with Gasteiger partial charge >= 0.3 is 0 Å². The van der Waals surface area contributed by atoms with Crippen molar-refractivity contribution in [2.45, 2.75) is 39.3 Å². The zero-order chi connectivity index (χ0) is 18.3. The third-order valence-corrected chi connectivity index (χ3v) is 5.66. The predicted molar refractivity (Wildman–Crippen MR) is 95.9 cm³/mol. The SMILES string of the molecule is Cc1noc(C)c1CN1C[C@@H]2CC[C@H](C1)N(C(=O)c1ccc[nH]c1=O)C2. The average Bonchev–Trinajstić information content (AvgIpc) is 2.82. The zero-order valence-electron chi connectivity index (χ0n) is 15.2. The van der Waals surface area contributed by atoms with Gasteiger partial charge in [0.15, 0.2) is 0 Å². The van der Waals surface area contributed by atoms with Crippen LogP contribution < -0.4 is 5.56 Å². The standard InChI is InChI=1S/C19H24N4O3/c1-12-17(13(2)26-21-12)11-22-8-14-5-6-15(10-22)23(9-14)19(25)16-4-3-7-20-18(16)24/h3-4,7,14-15H,5-6,8-11H2,1-2H3,(H,20,24)/t14-,15+/m0/s1. The molecule has 3 aliphatic heterocycles. The molecule has 26 heavy (non-hydrogen) atoms. The lowest BCUT2D eigenvalue weighted by molar-refractivity contribution is 0.0583. The van der Waals surface area contributed by atoms with Gasteiger partial charge in [-0.25, -0.2) is 0 Å². The van der Waals surface area contributed by atoms with Gasteiger partial charge in [0.2, 0.25) is 0 Å². The highest BCUT2D eigenvalue weighted by Crippen LogP contribution is 2.30. The van der Waals surface area contributed by atoms with E-state index in [2.05, 4.69) is 15.0 Å². The molecule has 5 heterocycles. The molecule has 0 radical (unpaired) electrons. The van der Waals surface area contributed by atoms with E-state index in [9.17, 15) is 9.59 Å². The molecule has 3 saturated heterocycles. The topological polar surface area (TPSA) is 82.4 Å². The first kappa shape index (κ1) is 17.0. The zero-order valence-corrected chi connectivity index (χ0v) is 15.2. The summed E-state index contributed by atoms with van der Waals surface area (Å²) in [6.07, 6.45) is 3.66. The molecule has 2 bridgehead atoms. The van der Waals surface area contributed by atoms with Gasteiger partial charge in [-0.2, -0.15) is 0 Å². The summed E-state index contributed by atoms with van der Waals surface area (Å²) in [6.45, 7) is 7.19. The Labute approximate surface area is 152 Å². The first-order valence-corrected chi connectivity index (χ1v) is 9.15. The number of hydrogen-bond donors (Lipinski definition) is 1. The number of amides is 1. The van der Waals surface area contributed by atoms with Crippen LogP contribution in [0.5, 0.6) is 0 Å². The van der Waals surface area contributed by atoms with Crippen molar-refractivity contribution >= 4 is 5.91 Å². The second-order valence-corrected chi connectivity index (χ2v) is 7.46. The summed E-state index contributed by atoms with van der Waals surface area (Å²) >= 11 is 0. The summed E-state index contributed by atoms with van der Waals surface area (Å²) in [5, 5.41) is 4.05. The number of carbonyl (C=O) groups is 1. The summed E-state index contributed by atoms with van der Waals surface area (Å²) < 4.78 is 5.29. The second-order valence-electron chi connectivity index (χ2n) is 7.46. The van der Waals surface area contributed by atoms with Crippen LogP contribution in [-0.2, 0) is 6.54 Å². The Morgan fingerprint density at radius 3 is 2.88 bits per heavy atom. The minimum atomic E-state index is -0.315. The van der Waals surface area contributed by atoms with Crippen molar-refractivity contribution in [1.29, 1.82) is 0 Å². The van der Waals surface area contributed by atoms with Gasteiger partial charge in [-0.3, -0.25) is 14.5 Å². The molecule has 1 N–H and O–H groups in total. The number of fused-ring (bicyclic) bond motifs is 4. The summed E-state index contributed by atoms with van der Waals surface area (Å²) in [4.78, 5) is 31.9. The molecule has 0 spiro atoms. The highest BCUT2D eigenvalue weighted by molar-refractivity contribution is 5.94. The van der Waals surface area contributed by atoms with Gasteiger partial charge in [-0.1, -0.05) is 5.16 Å². The van der Waals surface area contributed by atoms with Crippen molar-refractivity contribution in [2.24, 2.45) is 5.92 Å². The van der Waals surface area contributed by atoms with Crippen LogP contribution >= 0.6 is 0 Å². The van der Waals surface area contributed by atoms with E-state index >= 15 is 0 Å². The molecule has 0 saturated carbocycles. The molecule has 138 valence electrons. The Bertz CT molecular complexity index is 852. The molecule has 7 heteroatoms. The Hall–Kier alpha value is -2.41. The second kappa shape index (κ2) is 6.72. The van der Waals surface area contributed by atoms with Crippen LogP contribution in [0.15, 0.2) is 27.6 Å². The highest BCUT2D eigenvalue weighted by atomic mass is 16.5. The number of aromatic nitrogens is 2. The van der Waals surface area contributed by atoms with E-state index < -0.39 is 0 Å². The highest BCUT2D eigenvalue weighted by Gasteiger charge is 2.38. The van der Waals surface area contributed by atoms with Crippen LogP contribution in [0, 0.1) is 19.8 Å². The van der Waals surface area contributed by atoms with Crippen LogP contribution in [0.25, 0.3) is 0 Å². The first-order valence-electron chi connectivity index (χ1n) is 9.15. The first-order chi connectivity index (χ1) is 12.5. The molecule has 0 aliphatic carbocycles. The lowest BCUT2D eigenvalue weighted by atomic mass is 9.94. The summed E-state index contributed by atoms with van der Waals surface area (Å²) in [7, 11) is 0. The van der Waals surface area contributed by atoms with E-state index in [-0.39, 0.29) is 23.1 Å². The minimum absolute atomic E-state index is 0.140. The average molecular weight is 356 g/mol. The van der Waals surface area contributed by atoms with Crippen LogP contribution in [-0.4, -0.2) is 51.5 Å². The number of nitrogens with zero attached hydrogens (tertiary/aromatic N) is 3. The number of rotatable bonds is 3. The number of piperidine rings is 1. The largest absolute Gasteiger partial charge is 0.361 e. The molecule has 3 fully saturated rings. The minimum Gasteiger partial charge on any atom is -0.361 e. The molecule has 1 amide bonds. The van der Waals surface area contributed by atoms with Crippen molar-refractivity contribution in [1.82, 2.24) is 19.9 Å². The number of H-pyrrole nitrogens is 1. The molecule has 2 aromatic heterocycles. The number of nitrogens with one attached hydrogen (secondary N) is 1. The molecule has 2 aromatic rings. The quantitative estimate of drug-likeness (QED) is 0.905. The summed E-state index contributed by atoms with van der Waals surface area (Å²) in [5.41, 5.74) is 1.99. The number of carbonyl (C=O) groups excluding carboxylic acids is 1. The Morgan fingerprint density at radius 1 is 1.31 bits per heavy atom. The third kappa shape index (κ3) is 3.07. The van der Waals surface area contributed by atoms with Crippen molar-refractivity contribution in [3.63, 3.8) is 0 Å². The van der Waals surface area contributed by atoms with E-state index in [1.54, 1.807) is 18.3 Å². The Kier molecular flexibility index (Phi) is 4.40. The molecular formula is C19H24N4O3. The molecule has 3 aliphatic rings. The van der Waals surface area contributed by atoms with Gasteiger partial charge in [0, 0.05) is 44.0 Å². The van der Waals surface area contributed by atoms with Gasteiger partial charge in [0.05, 0.1) is 5.69 Å². The number of aryl methyl sites for hydroxylation is 2. The van der Waals surface area contributed by atoms with Gasteiger partial charge in [-0.05, 0) is 44.7 Å². The number of hydrogen-bond acceptors (Lipinski definition) is 5. The molecule has 0 unspecified atom stereocenters. The Morgan fingerprint density at radius 2 is 2.15 bits per heavy atom. The summed E-state index contributed by atoms with van der Waals surface area (Å²) in [5.74, 6) is 1.14. The lowest BCUT2D eigenvalue weighted by Gasteiger charge is -2.36. The predicted octanol–water partition coefficient (Wildman–Crippen LogP) is 1.72. The number of aromatic amines is 1. The molecule has 2 atom stereocenters. The van der Waals surface area contributed by atoms with Gasteiger partial charge in [0.25, 0.3) is 11.5 Å². The van der Waals surface area contributed by atoms with Crippen LogP contribution in [0.2, 0.25) is 0 Å². The van der Waals surface area contributed by atoms with Crippen LogP contribution in [0.3, 0.4) is 0 Å². The van der Waals surface area contributed by atoms with Crippen molar-refractivity contribution in [3.8, 4) is 0 Å². The number of pyridine rings is 1. The maximum atomic E-state index is 13.0. The fourth-order valence-electron chi connectivity index (χ4n) is 4.25.